The van der Waals surface area contributed by atoms with E-state index in [1.807, 2.05) is 19.2 Å². The van der Waals surface area contributed by atoms with Crippen molar-refractivity contribution in [3.05, 3.63) is 29.1 Å². The van der Waals surface area contributed by atoms with E-state index in [2.05, 4.69) is 30.9 Å². The second-order valence-electron chi connectivity index (χ2n) is 6.44. The summed E-state index contributed by atoms with van der Waals surface area (Å²) in [4.78, 5) is 18.4. The van der Waals surface area contributed by atoms with Crippen LogP contribution in [0, 0.1) is 6.92 Å². The molecule has 0 aliphatic carbocycles. The third kappa shape index (κ3) is 2.79. The molecule has 2 aromatic heterocycles. The molecule has 0 amide bonds. The Morgan fingerprint density at radius 3 is 2.79 bits per heavy atom. The summed E-state index contributed by atoms with van der Waals surface area (Å²) >= 11 is 0. The van der Waals surface area contributed by atoms with Crippen LogP contribution < -0.4 is 4.90 Å². The lowest BCUT2D eigenvalue weighted by Gasteiger charge is -2.18. The average molecular weight is 323 g/mol. The van der Waals surface area contributed by atoms with Gasteiger partial charge in [0.1, 0.15) is 5.69 Å². The number of nitrogens with zero attached hydrogens (tertiary/aromatic N) is 4. The summed E-state index contributed by atoms with van der Waals surface area (Å²) in [6.45, 7) is 3.97. The predicted molar refractivity (Wildman–Crippen MR) is 95.9 cm³/mol. The minimum Gasteiger partial charge on any atom is -0.492 e. The lowest BCUT2D eigenvalue weighted by molar-refractivity contribution is 0.455. The summed E-state index contributed by atoms with van der Waals surface area (Å²) in [7, 11) is 0. The number of nitrogens with one attached hydrogen (secondary N) is 1. The van der Waals surface area contributed by atoms with Crippen molar-refractivity contribution in [2.24, 2.45) is 4.99 Å². The number of H-pyrrole nitrogens is 1. The summed E-state index contributed by atoms with van der Waals surface area (Å²) in [6.07, 6.45) is 10.3. The Balaban J connectivity index is 1.64. The molecule has 24 heavy (non-hydrogen) atoms. The van der Waals surface area contributed by atoms with E-state index >= 15 is 0 Å². The number of fused-ring (bicyclic) bond motifs is 1. The summed E-state index contributed by atoms with van der Waals surface area (Å²) in [5.74, 6) is 1.50. The highest BCUT2D eigenvalue weighted by atomic mass is 16.3. The van der Waals surface area contributed by atoms with Gasteiger partial charge in [-0.1, -0.05) is 12.8 Å². The maximum Gasteiger partial charge on any atom is 0.238 e. The molecular formula is C18H21N5O. The maximum absolute atomic E-state index is 10.2. The van der Waals surface area contributed by atoms with Gasteiger partial charge in [0.2, 0.25) is 11.8 Å². The lowest BCUT2D eigenvalue weighted by atomic mass is 10.1. The van der Waals surface area contributed by atoms with E-state index in [0.717, 1.165) is 41.6 Å². The van der Waals surface area contributed by atoms with Crippen LogP contribution >= 0.6 is 0 Å². The van der Waals surface area contributed by atoms with Gasteiger partial charge in [-0.25, -0.2) is 9.98 Å². The fourth-order valence-corrected chi connectivity index (χ4v) is 3.25. The summed E-state index contributed by atoms with van der Waals surface area (Å²) < 4.78 is 0. The largest absolute Gasteiger partial charge is 0.492 e. The Morgan fingerprint density at radius 2 is 2.00 bits per heavy atom. The molecule has 1 fully saturated rings. The topological polar surface area (TPSA) is 77.4 Å². The first-order valence-corrected chi connectivity index (χ1v) is 8.47. The van der Waals surface area contributed by atoms with Gasteiger partial charge >= 0.3 is 0 Å². The molecule has 2 aliphatic heterocycles. The zero-order valence-corrected chi connectivity index (χ0v) is 13.8. The van der Waals surface area contributed by atoms with Gasteiger partial charge in [0.15, 0.2) is 5.82 Å². The molecule has 0 aromatic carbocycles. The van der Waals surface area contributed by atoms with Gasteiger partial charge in [0, 0.05) is 36.6 Å². The molecule has 4 rings (SSSR count). The van der Waals surface area contributed by atoms with Crippen molar-refractivity contribution in [1.29, 1.82) is 0 Å². The molecule has 0 radical (unpaired) electrons. The van der Waals surface area contributed by atoms with E-state index in [4.69, 9.17) is 0 Å². The molecule has 1 saturated heterocycles. The fourth-order valence-electron chi connectivity index (χ4n) is 3.25. The first kappa shape index (κ1) is 14.9. The van der Waals surface area contributed by atoms with Crippen LogP contribution in [-0.2, 0) is 0 Å². The number of aromatic hydroxyl groups is 1. The number of imidazole rings is 1. The van der Waals surface area contributed by atoms with Gasteiger partial charge in [-0.3, -0.25) is 0 Å². The molecule has 2 N–H and O–H groups in total. The normalized spacial score (nSPS) is 18.9. The maximum atomic E-state index is 10.2. The number of rotatable bonds is 2. The molecule has 4 heterocycles. The molecule has 0 bridgehead atoms. The van der Waals surface area contributed by atoms with Crippen molar-refractivity contribution in [3.63, 3.8) is 0 Å². The number of allylic oxidation sites excluding steroid dienone is 1. The van der Waals surface area contributed by atoms with Crippen LogP contribution in [0.15, 0.2) is 17.3 Å². The van der Waals surface area contributed by atoms with E-state index in [-0.39, 0.29) is 5.88 Å². The third-order valence-corrected chi connectivity index (χ3v) is 4.54. The molecule has 6 heteroatoms. The van der Waals surface area contributed by atoms with Crippen LogP contribution in [0.4, 0.5) is 11.8 Å². The molecule has 2 aromatic rings. The van der Waals surface area contributed by atoms with Crippen molar-refractivity contribution in [3.8, 4) is 5.88 Å². The van der Waals surface area contributed by atoms with E-state index in [9.17, 15) is 5.11 Å². The first-order chi connectivity index (χ1) is 11.7. The number of anilines is 1. The Bertz CT molecular complexity index is 813. The number of hydrogen-bond donors (Lipinski definition) is 2. The van der Waals surface area contributed by atoms with Crippen molar-refractivity contribution >= 4 is 29.6 Å². The Hall–Kier alpha value is -2.63. The molecule has 0 atom stereocenters. The molecule has 2 aliphatic rings. The molecule has 0 saturated carbocycles. The quantitative estimate of drug-likeness (QED) is 0.887. The van der Waals surface area contributed by atoms with Gasteiger partial charge in [-0.2, -0.15) is 4.98 Å². The molecule has 0 spiro atoms. The number of aryl methyl sites for hydroxylation is 1. The number of aromatic nitrogens is 3. The average Bonchev–Trinajstić information content (AvgIpc) is 3.01. The standard InChI is InChI=1S/C18H21N5O/c1-12-8-14-13(11-20-16(14)19-10-12)9-15-17(24)22-18(21-15)23-6-4-2-3-5-7-23/h8-11,24H,2-7H2,1H3,(H,21,22)/b13-9-. The van der Waals surface area contributed by atoms with Crippen molar-refractivity contribution < 1.29 is 5.11 Å². The second kappa shape index (κ2) is 6.11. The number of hydrogen-bond acceptors (Lipinski definition) is 5. The highest BCUT2D eigenvalue weighted by Gasteiger charge is 2.18. The number of pyridine rings is 1. The SMILES string of the molecule is Cc1cnc2c(c1)/C(=C\c1[nH]c(N3CCCCCC3)nc1O)C=N2. The van der Waals surface area contributed by atoms with Gasteiger partial charge in [0.05, 0.1) is 0 Å². The highest BCUT2D eigenvalue weighted by Crippen LogP contribution is 2.33. The van der Waals surface area contributed by atoms with Gasteiger partial charge < -0.3 is 15.0 Å². The van der Waals surface area contributed by atoms with Gasteiger partial charge in [-0.15, -0.1) is 0 Å². The van der Waals surface area contributed by atoms with Crippen LogP contribution in [0.1, 0.15) is 42.5 Å². The second-order valence-corrected chi connectivity index (χ2v) is 6.44. The lowest BCUT2D eigenvalue weighted by Crippen LogP contribution is -2.24. The van der Waals surface area contributed by atoms with Gasteiger partial charge in [-0.05, 0) is 37.5 Å². The smallest absolute Gasteiger partial charge is 0.238 e. The van der Waals surface area contributed by atoms with Crippen LogP contribution in [0.25, 0.3) is 11.6 Å². The van der Waals surface area contributed by atoms with E-state index < -0.39 is 0 Å². The van der Waals surface area contributed by atoms with Gasteiger partial charge in [0.25, 0.3) is 0 Å². The number of aromatic amines is 1. The zero-order valence-electron chi connectivity index (χ0n) is 13.8. The van der Waals surface area contributed by atoms with E-state index in [1.54, 1.807) is 6.21 Å². The first-order valence-electron chi connectivity index (χ1n) is 8.47. The van der Waals surface area contributed by atoms with Crippen molar-refractivity contribution in [2.45, 2.75) is 32.6 Å². The Kier molecular flexibility index (Phi) is 3.80. The minimum absolute atomic E-state index is 0.0317. The zero-order chi connectivity index (χ0) is 16.5. The predicted octanol–water partition coefficient (Wildman–Crippen LogP) is 3.46. The van der Waals surface area contributed by atoms with Crippen molar-refractivity contribution in [2.75, 3.05) is 18.0 Å². The van der Waals surface area contributed by atoms with Crippen LogP contribution in [0.5, 0.6) is 5.88 Å². The molecule has 124 valence electrons. The van der Waals surface area contributed by atoms with E-state index in [1.165, 1.54) is 25.7 Å². The monoisotopic (exact) mass is 323 g/mol. The van der Waals surface area contributed by atoms with Crippen molar-refractivity contribution in [1.82, 2.24) is 15.0 Å². The molecule has 0 unspecified atom stereocenters. The van der Waals surface area contributed by atoms with Crippen LogP contribution in [0.2, 0.25) is 0 Å². The Morgan fingerprint density at radius 1 is 1.21 bits per heavy atom. The summed E-state index contributed by atoms with van der Waals surface area (Å²) in [5, 5.41) is 10.2. The number of aliphatic imine (C=N–C) groups is 1. The van der Waals surface area contributed by atoms with Crippen LogP contribution in [0.3, 0.4) is 0 Å². The van der Waals surface area contributed by atoms with E-state index in [0.29, 0.717) is 5.69 Å². The molecular weight excluding hydrogens is 302 g/mol. The van der Waals surface area contributed by atoms with Crippen LogP contribution in [-0.4, -0.2) is 39.4 Å². The highest BCUT2D eigenvalue weighted by molar-refractivity contribution is 6.21. The Labute approximate surface area is 141 Å². The summed E-state index contributed by atoms with van der Waals surface area (Å²) in [6, 6.07) is 2.06. The fraction of sp³-hybridized carbons (Fsp3) is 0.389. The third-order valence-electron chi connectivity index (χ3n) is 4.54. The summed E-state index contributed by atoms with van der Waals surface area (Å²) in [5.41, 5.74) is 3.62. The minimum atomic E-state index is 0.0317. The molecule has 6 nitrogen and oxygen atoms in total.